The molecule has 0 spiro atoms. The van der Waals surface area contributed by atoms with E-state index in [9.17, 15) is 9.59 Å². The molecule has 2 aromatic carbocycles. The maximum Gasteiger partial charge on any atom is 0.236 e. The van der Waals surface area contributed by atoms with Gasteiger partial charge in [0.2, 0.25) is 11.8 Å². The molecule has 3 aromatic rings. The third kappa shape index (κ3) is 7.21. The van der Waals surface area contributed by atoms with Gasteiger partial charge in [-0.25, -0.2) is 4.98 Å². The third-order valence-corrected chi connectivity index (χ3v) is 9.94. The summed E-state index contributed by atoms with van der Waals surface area (Å²) in [5, 5.41) is 0.583. The van der Waals surface area contributed by atoms with Gasteiger partial charge in [0.15, 0.2) is 11.5 Å². The van der Waals surface area contributed by atoms with Crippen molar-refractivity contribution in [2.45, 2.75) is 64.1 Å². The van der Waals surface area contributed by atoms with Gasteiger partial charge in [-0.3, -0.25) is 19.4 Å². The van der Waals surface area contributed by atoms with Crippen LogP contribution in [0.5, 0.6) is 11.5 Å². The van der Waals surface area contributed by atoms with Crippen LogP contribution in [0.1, 0.15) is 66.4 Å². The van der Waals surface area contributed by atoms with E-state index in [1.165, 1.54) is 4.90 Å². The summed E-state index contributed by atoms with van der Waals surface area (Å²) >= 11 is 6.27. The molecular weight excluding hydrogens is 614 g/mol. The average molecular weight is 663 g/mol. The molecule has 9 nitrogen and oxygen atoms in total. The molecular formula is C37H46ClN5O4. The number of benzene rings is 2. The minimum absolute atomic E-state index is 0.0900. The number of likely N-dealkylation sites (N-methyl/N-ethyl adjacent to an activating group) is 1. The van der Waals surface area contributed by atoms with Crippen molar-refractivity contribution in [3.8, 4) is 11.5 Å². The SMILES string of the molecule is [2H]C([2H])([2H])N(CC1CCC(N2CCN(C)C(=O)C2)CC1)c1ccc(N2C(=O)Cc3cc(OC)c(OC(C)C)cc3[C@@H]2c2ccc(Cl)cc2)cn1. The first-order chi connectivity index (χ1) is 23.8. The molecule has 0 unspecified atom stereocenters. The predicted molar refractivity (Wildman–Crippen MR) is 186 cm³/mol. The topological polar surface area (TPSA) is 78.5 Å². The standard InChI is InChI=1S/C37H46ClN5O4/c1-24(2)47-33-20-31-27(18-32(33)46-5)19-35(44)43(37(31)26-8-10-28(38)11-9-26)30-14-15-34(39-21-30)41(4)22-25-6-12-29(13-7-25)42-17-16-40(3)36(45)23-42/h8-11,14-15,18,20-21,24-25,29,37H,6-7,12-13,16-17,19,22-23H2,1-5H3/t25?,29?,37-/m0/s1/i4D3. The van der Waals surface area contributed by atoms with E-state index in [0.717, 1.165) is 55.5 Å². The molecule has 1 saturated carbocycles. The van der Waals surface area contributed by atoms with E-state index in [1.54, 1.807) is 47.4 Å². The van der Waals surface area contributed by atoms with E-state index < -0.39 is 13.0 Å². The second-order valence-corrected chi connectivity index (χ2v) is 13.6. The van der Waals surface area contributed by atoms with Crippen molar-refractivity contribution >= 4 is 34.9 Å². The van der Waals surface area contributed by atoms with E-state index in [1.807, 2.05) is 45.2 Å². The molecule has 2 amide bonds. The van der Waals surface area contributed by atoms with Gasteiger partial charge in [-0.05, 0) is 98.5 Å². The summed E-state index contributed by atoms with van der Waals surface area (Å²) < 4.78 is 36.9. The molecule has 47 heavy (non-hydrogen) atoms. The number of anilines is 2. The Morgan fingerprint density at radius 1 is 1.02 bits per heavy atom. The zero-order chi connectivity index (χ0) is 35.7. The fraction of sp³-hybridized carbons (Fsp3) is 0.486. The first-order valence-corrected chi connectivity index (χ1v) is 16.9. The van der Waals surface area contributed by atoms with Crippen molar-refractivity contribution in [2.75, 3.05) is 57.1 Å². The average Bonchev–Trinajstić information content (AvgIpc) is 3.08. The molecule has 0 bridgehead atoms. The van der Waals surface area contributed by atoms with E-state index in [2.05, 4.69) is 9.88 Å². The van der Waals surface area contributed by atoms with Crippen molar-refractivity contribution in [3.63, 3.8) is 0 Å². The van der Waals surface area contributed by atoms with E-state index in [4.69, 9.17) is 25.2 Å². The molecule has 10 heteroatoms. The number of ether oxygens (including phenoxy) is 2. The van der Waals surface area contributed by atoms with Gasteiger partial charge in [0.05, 0.1) is 44.1 Å². The Balaban J connectivity index is 1.25. The summed E-state index contributed by atoms with van der Waals surface area (Å²) in [6, 6.07) is 14.6. The van der Waals surface area contributed by atoms with Gasteiger partial charge in [0.25, 0.3) is 0 Å². The van der Waals surface area contributed by atoms with Crippen molar-refractivity contribution in [1.82, 2.24) is 14.8 Å². The summed E-state index contributed by atoms with van der Waals surface area (Å²) in [6.45, 7) is 3.92. The molecule has 0 N–H and O–H groups in total. The van der Waals surface area contributed by atoms with E-state index in [0.29, 0.717) is 47.2 Å². The number of pyridine rings is 1. The van der Waals surface area contributed by atoms with Gasteiger partial charge < -0.3 is 19.3 Å². The highest BCUT2D eigenvalue weighted by Gasteiger charge is 2.37. The van der Waals surface area contributed by atoms with Gasteiger partial charge in [-0.15, -0.1) is 0 Å². The molecule has 0 radical (unpaired) electrons. The molecule has 1 saturated heterocycles. The lowest BCUT2D eigenvalue weighted by molar-refractivity contribution is -0.135. The number of rotatable bonds is 9. The summed E-state index contributed by atoms with van der Waals surface area (Å²) in [5.74, 6) is 1.70. The number of carbonyl (C=O) groups is 2. The number of aromatic nitrogens is 1. The predicted octanol–water partition coefficient (Wildman–Crippen LogP) is 5.98. The number of methoxy groups -OCH3 is 1. The number of hydrogen-bond acceptors (Lipinski definition) is 7. The molecule has 1 aliphatic carbocycles. The smallest absolute Gasteiger partial charge is 0.236 e. The van der Waals surface area contributed by atoms with Crippen molar-refractivity contribution < 1.29 is 23.2 Å². The molecule has 1 atom stereocenters. The van der Waals surface area contributed by atoms with Gasteiger partial charge in [0, 0.05) is 48.8 Å². The Hall–Kier alpha value is -3.82. The highest BCUT2D eigenvalue weighted by atomic mass is 35.5. The number of amides is 2. The zero-order valence-corrected chi connectivity index (χ0v) is 28.4. The minimum Gasteiger partial charge on any atom is -0.493 e. The van der Waals surface area contributed by atoms with Crippen LogP contribution in [0.4, 0.5) is 11.5 Å². The summed E-state index contributed by atoms with van der Waals surface area (Å²) in [4.78, 5) is 38.1. The molecule has 6 rings (SSSR count). The normalized spacial score (nSPS) is 23.2. The Morgan fingerprint density at radius 3 is 2.43 bits per heavy atom. The van der Waals surface area contributed by atoms with Crippen LogP contribution < -0.4 is 19.3 Å². The number of nitrogens with zero attached hydrogens (tertiary/aromatic N) is 5. The van der Waals surface area contributed by atoms with Crippen molar-refractivity contribution in [3.05, 3.63) is 76.4 Å². The number of piperazine rings is 1. The van der Waals surface area contributed by atoms with Crippen molar-refractivity contribution in [1.29, 1.82) is 0 Å². The molecule has 250 valence electrons. The van der Waals surface area contributed by atoms with E-state index >= 15 is 0 Å². The lowest BCUT2D eigenvalue weighted by Crippen LogP contribution is -2.53. The zero-order valence-electron chi connectivity index (χ0n) is 30.6. The molecule has 1 aromatic heterocycles. The second kappa shape index (κ2) is 14.1. The van der Waals surface area contributed by atoms with Crippen LogP contribution in [0, 0.1) is 5.92 Å². The van der Waals surface area contributed by atoms with Gasteiger partial charge in [0.1, 0.15) is 5.82 Å². The number of carbonyl (C=O) groups excluding carboxylic acids is 2. The summed E-state index contributed by atoms with van der Waals surface area (Å²) in [5.41, 5.74) is 3.15. The number of halogens is 1. The Labute approximate surface area is 287 Å². The first-order valence-electron chi connectivity index (χ1n) is 18.0. The van der Waals surface area contributed by atoms with Crippen LogP contribution in [0.25, 0.3) is 0 Å². The van der Waals surface area contributed by atoms with Crippen LogP contribution in [0.3, 0.4) is 0 Å². The second-order valence-electron chi connectivity index (χ2n) is 13.2. The highest BCUT2D eigenvalue weighted by Crippen LogP contribution is 2.44. The molecule has 2 fully saturated rings. The maximum absolute atomic E-state index is 14.0. The van der Waals surface area contributed by atoms with Gasteiger partial charge in [-0.1, -0.05) is 23.7 Å². The summed E-state index contributed by atoms with van der Waals surface area (Å²) in [6.07, 6.45) is 5.28. The van der Waals surface area contributed by atoms with Crippen LogP contribution in [-0.4, -0.2) is 86.1 Å². The molecule has 2 aliphatic heterocycles. The first kappa shape index (κ1) is 29.3. The minimum atomic E-state index is -2.40. The van der Waals surface area contributed by atoms with E-state index in [-0.39, 0.29) is 30.3 Å². The fourth-order valence-electron chi connectivity index (χ4n) is 7.14. The molecule has 3 heterocycles. The number of hydrogen-bond donors (Lipinski definition) is 0. The van der Waals surface area contributed by atoms with Crippen LogP contribution in [0.15, 0.2) is 54.7 Å². The van der Waals surface area contributed by atoms with Gasteiger partial charge in [-0.2, -0.15) is 0 Å². The molecule has 3 aliphatic rings. The monoisotopic (exact) mass is 662 g/mol. The van der Waals surface area contributed by atoms with Gasteiger partial charge >= 0.3 is 0 Å². The Morgan fingerprint density at radius 2 is 1.79 bits per heavy atom. The fourth-order valence-corrected chi connectivity index (χ4v) is 7.27. The highest BCUT2D eigenvalue weighted by molar-refractivity contribution is 6.30. The Bertz CT molecular complexity index is 1680. The quantitative estimate of drug-likeness (QED) is 0.279. The Kier molecular flexibility index (Phi) is 8.81. The lowest BCUT2D eigenvalue weighted by Gasteiger charge is -2.41. The van der Waals surface area contributed by atoms with Crippen LogP contribution in [0.2, 0.25) is 5.02 Å². The summed E-state index contributed by atoms with van der Waals surface area (Å²) in [7, 11) is 3.43. The van der Waals surface area contributed by atoms with Crippen LogP contribution >= 0.6 is 11.6 Å². The maximum atomic E-state index is 14.0. The van der Waals surface area contributed by atoms with Crippen molar-refractivity contribution in [2.24, 2.45) is 5.92 Å². The van der Waals surface area contributed by atoms with Crippen LogP contribution in [-0.2, 0) is 16.0 Å². The third-order valence-electron chi connectivity index (χ3n) is 9.68. The number of fused-ring (bicyclic) bond motifs is 1. The lowest BCUT2D eigenvalue weighted by atomic mass is 9.84. The largest absolute Gasteiger partial charge is 0.493 e.